The van der Waals surface area contributed by atoms with Crippen molar-refractivity contribution in [2.75, 3.05) is 13.1 Å². The van der Waals surface area contributed by atoms with Crippen LogP contribution in [0.25, 0.3) is 0 Å². The van der Waals surface area contributed by atoms with Crippen LogP contribution >= 0.6 is 23.6 Å². The van der Waals surface area contributed by atoms with Crippen LogP contribution in [0.1, 0.15) is 25.5 Å². The fourth-order valence-electron chi connectivity index (χ4n) is 1.57. The molecular formula is C10H16N2S2. The third-order valence-corrected chi connectivity index (χ3v) is 3.23. The normalized spacial score (nSPS) is 13.1. The van der Waals surface area contributed by atoms with E-state index in [1.54, 1.807) is 11.3 Å². The van der Waals surface area contributed by atoms with Gasteiger partial charge in [0.2, 0.25) is 0 Å². The molecule has 2 nitrogen and oxygen atoms in total. The molecule has 2 N–H and O–H groups in total. The summed E-state index contributed by atoms with van der Waals surface area (Å²) in [6, 6.07) is 2.19. The van der Waals surface area contributed by atoms with Crippen LogP contribution in [0.5, 0.6) is 0 Å². The van der Waals surface area contributed by atoms with Crippen molar-refractivity contribution in [3.05, 3.63) is 22.4 Å². The van der Waals surface area contributed by atoms with E-state index in [0.29, 0.717) is 4.99 Å². The summed E-state index contributed by atoms with van der Waals surface area (Å²) in [4.78, 5) is 2.83. The van der Waals surface area contributed by atoms with Gasteiger partial charge in [-0.15, -0.1) is 0 Å². The van der Waals surface area contributed by atoms with Crippen LogP contribution < -0.4 is 5.73 Å². The maximum absolute atomic E-state index is 5.77. The highest BCUT2D eigenvalue weighted by Crippen LogP contribution is 2.22. The lowest BCUT2D eigenvalue weighted by Crippen LogP contribution is -2.36. The van der Waals surface area contributed by atoms with Gasteiger partial charge in [-0.2, -0.15) is 11.3 Å². The molecular weight excluding hydrogens is 212 g/mol. The van der Waals surface area contributed by atoms with Gasteiger partial charge in [0.1, 0.15) is 0 Å². The first-order valence-electron chi connectivity index (χ1n) is 4.76. The minimum Gasteiger partial charge on any atom is -0.392 e. The number of rotatable bonds is 5. The van der Waals surface area contributed by atoms with E-state index in [-0.39, 0.29) is 6.04 Å². The second kappa shape index (κ2) is 5.44. The minimum atomic E-state index is 0.103. The van der Waals surface area contributed by atoms with Gasteiger partial charge in [-0.05, 0) is 35.5 Å². The molecule has 0 aromatic carbocycles. The van der Waals surface area contributed by atoms with Crippen LogP contribution in [0.3, 0.4) is 0 Å². The van der Waals surface area contributed by atoms with Crippen molar-refractivity contribution in [2.24, 2.45) is 5.73 Å². The monoisotopic (exact) mass is 228 g/mol. The molecule has 14 heavy (non-hydrogen) atoms. The molecule has 1 heterocycles. The lowest BCUT2D eigenvalue weighted by molar-refractivity contribution is 0.272. The number of hydrogen-bond acceptors (Lipinski definition) is 3. The maximum atomic E-state index is 5.77. The molecule has 78 valence electrons. The van der Waals surface area contributed by atoms with Crippen molar-refractivity contribution in [1.82, 2.24) is 4.90 Å². The van der Waals surface area contributed by atoms with Crippen molar-refractivity contribution in [3.8, 4) is 0 Å². The number of nitrogens with two attached hydrogens (primary N) is 1. The van der Waals surface area contributed by atoms with Crippen molar-refractivity contribution in [2.45, 2.75) is 19.9 Å². The molecule has 0 fully saturated rings. The van der Waals surface area contributed by atoms with E-state index < -0.39 is 0 Å². The first-order chi connectivity index (χ1) is 6.70. The first-order valence-corrected chi connectivity index (χ1v) is 6.11. The molecule has 1 aromatic heterocycles. The molecule has 0 radical (unpaired) electrons. The van der Waals surface area contributed by atoms with Gasteiger partial charge < -0.3 is 5.73 Å². The molecule has 0 spiro atoms. The summed E-state index contributed by atoms with van der Waals surface area (Å²) in [5, 5.41) is 4.17. The van der Waals surface area contributed by atoms with Gasteiger partial charge in [-0.1, -0.05) is 26.1 Å². The molecule has 0 aliphatic heterocycles. The molecule has 1 rings (SSSR count). The fourth-order valence-corrected chi connectivity index (χ4v) is 2.54. The number of likely N-dealkylation sites (N-methyl/N-ethyl adjacent to an activating group) is 1. The van der Waals surface area contributed by atoms with Gasteiger partial charge in [0, 0.05) is 0 Å². The van der Waals surface area contributed by atoms with E-state index in [0.717, 1.165) is 13.1 Å². The van der Waals surface area contributed by atoms with E-state index in [1.165, 1.54) is 5.56 Å². The van der Waals surface area contributed by atoms with Crippen molar-refractivity contribution >= 4 is 28.5 Å². The molecule has 4 heteroatoms. The third kappa shape index (κ3) is 2.53. The van der Waals surface area contributed by atoms with E-state index in [1.807, 2.05) is 0 Å². The van der Waals surface area contributed by atoms with E-state index in [2.05, 4.69) is 35.6 Å². The average molecular weight is 228 g/mol. The Bertz CT molecular complexity index is 278. The molecule has 1 unspecified atom stereocenters. The molecule has 1 aromatic rings. The van der Waals surface area contributed by atoms with Crippen LogP contribution in [0.4, 0.5) is 0 Å². The minimum absolute atomic E-state index is 0.103. The predicted octanol–water partition coefficient (Wildman–Crippen LogP) is 2.42. The number of hydrogen-bond donors (Lipinski definition) is 1. The third-order valence-electron chi connectivity index (χ3n) is 2.31. The SMILES string of the molecule is CCN(CC)C(C(N)=S)c1ccsc1. The summed E-state index contributed by atoms with van der Waals surface area (Å²) in [6.45, 7) is 6.19. The van der Waals surface area contributed by atoms with Gasteiger partial charge in [0.25, 0.3) is 0 Å². The van der Waals surface area contributed by atoms with Crippen molar-refractivity contribution < 1.29 is 0 Å². The van der Waals surface area contributed by atoms with Crippen molar-refractivity contribution in [3.63, 3.8) is 0 Å². The Morgan fingerprint density at radius 2 is 2.21 bits per heavy atom. The van der Waals surface area contributed by atoms with Crippen LogP contribution in [-0.4, -0.2) is 23.0 Å². The molecule has 0 bridgehead atoms. The summed E-state index contributed by atoms with van der Waals surface area (Å²) < 4.78 is 0. The van der Waals surface area contributed by atoms with Gasteiger partial charge >= 0.3 is 0 Å². The predicted molar refractivity (Wildman–Crippen MR) is 66.8 cm³/mol. The highest BCUT2D eigenvalue weighted by atomic mass is 32.1. The average Bonchev–Trinajstić information content (AvgIpc) is 2.65. The van der Waals surface area contributed by atoms with E-state index in [4.69, 9.17) is 18.0 Å². The van der Waals surface area contributed by atoms with Gasteiger partial charge in [0.05, 0.1) is 11.0 Å². The van der Waals surface area contributed by atoms with Crippen LogP contribution in [0, 0.1) is 0 Å². The Hall–Kier alpha value is -0.450. The van der Waals surface area contributed by atoms with E-state index >= 15 is 0 Å². The standard InChI is InChI=1S/C10H16N2S2/c1-3-12(4-2)9(10(11)13)8-5-6-14-7-8/h5-7,9H,3-4H2,1-2H3,(H2,11,13). The smallest absolute Gasteiger partial charge is 0.0948 e. The summed E-state index contributed by atoms with van der Waals surface area (Å²) in [6.07, 6.45) is 0. The quantitative estimate of drug-likeness (QED) is 0.785. The fraction of sp³-hybridized carbons (Fsp3) is 0.500. The van der Waals surface area contributed by atoms with Gasteiger partial charge in [-0.25, -0.2) is 0 Å². The molecule has 1 atom stereocenters. The van der Waals surface area contributed by atoms with Gasteiger partial charge in [0.15, 0.2) is 0 Å². The molecule has 0 amide bonds. The second-order valence-electron chi connectivity index (χ2n) is 3.08. The maximum Gasteiger partial charge on any atom is 0.0948 e. The Morgan fingerprint density at radius 1 is 1.57 bits per heavy atom. The van der Waals surface area contributed by atoms with Crippen LogP contribution in [0.2, 0.25) is 0 Å². The zero-order valence-electron chi connectivity index (χ0n) is 8.56. The first kappa shape index (κ1) is 11.6. The Balaban J connectivity index is 2.89. The van der Waals surface area contributed by atoms with Gasteiger partial charge in [-0.3, -0.25) is 4.90 Å². The topological polar surface area (TPSA) is 29.3 Å². The highest BCUT2D eigenvalue weighted by Gasteiger charge is 2.20. The van der Waals surface area contributed by atoms with Crippen molar-refractivity contribution in [1.29, 1.82) is 0 Å². The number of thiophene rings is 1. The largest absolute Gasteiger partial charge is 0.392 e. The van der Waals surface area contributed by atoms with E-state index in [9.17, 15) is 0 Å². The summed E-state index contributed by atoms with van der Waals surface area (Å²) in [5.41, 5.74) is 6.99. The zero-order chi connectivity index (χ0) is 10.6. The number of nitrogens with zero attached hydrogens (tertiary/aromatic N) is 1. The molecule has 0 saturated heterocycles. The summed E-state index contributed by atoms with van der Waals surface area (Å²) in [7, 11) is 0. The lowest BCUT2D eigenvalue weighted by Gasteiger charge is -2.28. The lowest BCUT2D eigenvalue weighted by atomic mass is 10.1. The Morgan fingerprint density at radius 3 is 2.57 bits per heavy atom. The highest BCUT2D eigenvalue weighted by molar-refractivity contribution is 7.80. The second-order valence-corrected chi connectivity index (χ2v) is 4.33. The molecule has 0 saturated carbocycles. The summed E-state index contributed by atoms with van der Waals surface area (Å²) >= 11 is 6.80. The Labute approximate surface area is 94.7 Å². The zero-order valence-corrected chi connectivity index (χ0v) is 10.2. The Kier molecular flexibility index (Phi) is 4.51. The molecule has 0 aliphatic rings. The number of thiocarbonyl (C=S) groups is 1. The molecule has 0 aliphatic carbocycles. The summed E-state index contributed by atoms with van der Waals surface area (Å²) in [5.74, 6) is 0. The van der Waals surface area contributed by atoms with Crippen LogP contribution in [-0.2, 0) is 0 Å². The van der Waals surface area contributed by atoms with Crippen LogP contribution in [0.15, 0.2) is 16.8 Å².